The lowest BCUT2D eigenvalue weighted by Crippen LogP contribution is -2.42. The first kappa shape index (κ1) is 20.0. The maximum Gasteiger partial charge on any atom is 0.405 e. The van der Waals surface area contributed by atoms with Crippen molar-refractivity contribution in [2.75, 3.05) is 6.61 Å². The van der Waals surface area contributed by atoms with E-state index in [0.29, 0.717) is 6.92 Å². The molecule has 11 heteroatoms. The summed E-state index contributed by atoms with van der Waals surface area (Å²) in [6.07, 6.45) is -2.20. The van der Waals surface area contributed by atoms with Crippen molar-refractivity contribution in [1.29, 1.82) is 0 Å². The summed E-state index contributed by atoms with van der Waals surface area (Å²) in [4.78, 5) is 23.0. The first-order valence-electron chi connectivity index (χ1n) is 6.49. The van der Waals surface area contributed by atoms with E-state index >= 15 is 0 Å². The average Bonchev–Trinajstić information content (AvgIpc) is 2.51. The summed E-state index contributed by atoms with van der Waals surface area (Å²) < 4.78 is 64.5. The highest BCUT2D eigenvalue weighted by molar-refractivity contribution is 7.86. The monoisotopic (exact) mass is 362 g/mol. The molecule has 0 aliphatic heterocycles. The van der Waals surface area contributed by atoms with Crippen LogP contribution in [0.4, 0.5) is 8.78 Å². The van der Waals surface area contributed by atoms with E-state index < -0.39 is 40.0 Å². The van der Waals surface area contributed by atoms with Crippen LogP contribution in [-0.4, -0.2) is 50.7 Å². The maximum absolute atomic E-state index is 13.2. The van der Waals surface area contributed by atoms with Gasteiger partial charge in [-0.15, -0.1) is 0 Å². The van der Waals surface area contributed by atoms with Gasteiger partial charge in [-0.05, 0) is 19.1 Å². The number of rotatable bonds is 7. The smallest absolute Gasteiger partial charge is 0.405 e. The minimum absolute atomic E-state index is 0.0938. The second-order valence-corrected chi connectivity index (χ2v) is 6.14. The number of alkyl halides is 2. The number of benzene rings is 1. The third kappa shape index (κ3) is 5.00. The van der Waals surface area contributed by atoms with Crippen LogP contribution in [0.1, 0.15) is 22.8 Å². The van der Waals surface area contributed by atoms with Gasteiger partial charge in [0.25, 0.3) is 0 Å². The van der Waals surface area contributed by atoms with Crippen molar-refractivity contribution >= 4 is 29.9 Å². The molecule has 2 radical (unpaired) electrons. The molecule has 0 aliphatic carbocycles. The molecule has 0 saturated heterocycles. The van der Waals surface area contributed by atoms with Gasteiger partial charge in [-0.1, -0.05) is 24.0 Å². The molecule has 24 heavy (non-hydrogen) atoms. The van der Waals surface area contributed by atoms with Crippen LogP contribution < -0.4 is 0 Å². The fraction of sp³-hybridized carbons (Fsp3) is 0.385. The lowest BCUT2D eigenvalue weighted by atomic mass is 9.96. The molecule has 0 amide bonds. The van der Waals surface area contributed by atoms with E-state index in [1.54, 1.807) is 12.1 Å². The molecule has 130 valence electrons. The van der Waals surface area contributed by atoms with E-state index in [-0.39, 0.29) is 11.9 Å². The summed E-state index contributed by atoms with van der Waals surface area (Å²) in [7, 11) is -0.370. The topological polar surface area (TPSA) is 107 Å². The number of carbonyl (C=O) groups is 2. The average molecular weight is 362 g/mol. The molecule has 1 rings (SSSR count). The van der Waals surface area contributed by atoms with Crippen LogP contribution >= 0.6 is 0 Å². The number of halogens is 2. The Kier molecular flexibility index (Phi) is 6.44. The zero-order valence-electron chi connectivity index (χ0n) is 12.4. The minimum Gasteiger partial charge on any atom is -0.452 e. The van der Waals surface area contributed by atoms with E-state index in [4.69, 9.17) is 12.4 Å². The molecule has 1 aromatic carbocycles. The SMILES string of the molecule is [B]Cc1ccc(C(=O)OCC(=O)OC(C)C(F)(F)S(=O)(=O)O)cc1. The number of ether oxygens (including phenoxy) is 2. The van der Waals surface area contributed by atoms with Crippen LogP contribution in [0.15, 0.2) is 24.3 Å². The van der Waals surface area contributed by atoms with Crippen LogP contribution in [0.5, 0.6) is 0 Å². The third-order valence-electron chi connectivity index (χ3n) is 2.87. The predicted octanol–water partition coefficient (Wildman–Crippen LogP) is 0.924. The normalized spacial score (nSPS) is 13.2. The van der Waals surface area contributed by atoms with E-state index in [9.17, 15) is 26.8 Å². The van der Waals surface area contributed by atoms with Gasteiger partial charge in [-0.3, -0.25) is 4.55 Å². The minimum atomic E-state index is -5.76. The highest BCUT2D eigenvalue weighted by Crippen LogP contribution is 2.27. The van der Waals surface area contributed by atoms with Crippen molar-refractivity contribution in [2.24, 2.45) is 0 Å². The molecular formula is C13H13BF2O7S. The maximum atomic E-state index is 13.2. The van der Waals surface area contributed by atoms with Crippen molar-refractivity contribution in [3.05, 3.63) is 35.4 Å². The van der Waals surface area contributed by atoms with Gasteiger partial charge in [0, 0.05) is 0 Å². The highest BCUT2D eigenvalue weighted by Gasteiger charge is 2.51. The number of carbonyl (C=O) groups excluding carboxylic acids is 2. The van der Waals surface area contributed by atoms with Crippen LogP contribution in [0.3, 0.4) is 0 Å². The molecule has 0 aromatic heterocycles. The number of hydrogen-bond donors (Lipinski definition) is 1. The third-order valence-corrected chi connectivity index (χ3v) is 3.89. The Hall–Kier alpha value is -2.01. The Morgan fingerprint density at radius 3 is 2.29 bits per heavy atom. The van der Waals surface area contributed by atoms with Crippen LogP contribution in [0.25, 0.3) is 0 Å². The molecular weight excluding hydrogens is 349 g/mol. The molecule has 1 N–H and O–H groups in total. The second kappa shape index (κ2) is 7.71. The molecule has 0 bridgehead atoms. The Bertz CT molecular complexity index is 704. The van der Waals surface area contributed by atoms with Crippen molar-refractivity contribution in [3.8, 4) is 0 Å². The standard InChI is InChI=1S/C13H13BF2O7S/c1-8(13(15,16)24(19,20)21)23-11(17)7-22-12(18)10-4-2-9(6-14)3-5-10/h2-5,8H,6-7H2,1H3,(H,19,20,21). The van der Waals surface area contributed by atoms with Gasteiger partial charge in [-0.2, -0.15) is 17.2 Å². The molecule has 0 heterocycles. The zero-order chi connectivity index (χ0) is 18.5. The molecule has 0 aliphatic rings. The van der Waals surface area contributed by atoms with E-state index in [2.05, 4.69) is 9.47 Å². The first-order chi connectivity index (χ1) is 11.0. The zero-order valence-corrected chi connectivity index (χ0v) is 13.3. The summed E-state index contributed by atoms with van der Waals surface area (Å²) in [5, 5.41) is -4.69. The Morgan fingerprint density at radius 2 is 1.83 bits per heavy atom. The van der Waals surface area contributed by atoms with Crippen molar-refractivity contribution in [2.45, 2.75) is 24.6 Å². The fourth-order valence-corrected chi connectivity index (χ4v) is 1.96. The number of hydrogen-bond acceptors (Lipinski definition) is 6. The summed E-state index contributed by atoms with van der Waals surface area (Å²) in [6, 6.07) is 5.91. The van der Waals surface area contributed by atoms with E-state index in [1.807, 2.05) is 0 Å². The van der Waals surface area contributed by atoms with Crippen molar-refractivity contribution < 1.29 is 40.8 Å². The summed E-state index contributed by atoms with van der Waals surface area (Å²) in [5.74, 6) is -2.32. The second-order valence-electron chi connectivity index (χ2n) is 4.65. The lowest BCUT2D eigenvalue weighted by Gasteiger charge is -2.20. The van der Waals surface area contributed by atoms with Crippen LogP contribution in [0, 0.1) is 0 Å². The summed E-state index contributed by atoms with van der Waals surface area (Å²) in [5.41, 5.74) is 0.851. The van der Waals surface area contributed by atoms with Gasteiger partial charge < -0.3 is 9.47 Å². The van der Waals surface area contributed by atoms with Gasteiger partial charge in [-0.25, -0.2) is 9.59 Å². The molecule has 0 fully saturated rings. The Balaban J connectivity index is 2.58. The van der Waals surface area contributed by atoms with Crippen molar-refractivity contribution in [1.82, 2.24) is 0 Å². The Labute approximate surface area is 138 Å². The molecule has 1 aromatic rings. The van der Waals surface area contributed by atoms with Crippen LogP contribution in [-0.2, 0) is 30.7 Å². The van der Waals surface area contributed by atoms with Gasteiger partial charge in [0.2, 0.25) is 0 Å². The summed E-state index contributed by atoms with van der Waals surface area (Å²) >= 11 is 0. The fourth-order valence-electron chi connectivity index (χ4n) is 1.49. The molecule has 0 spiro atoms. The van der Waals surface area contributed by atoms with Crippen LogP contribution in [0.2, 0.25) is 0 Å². The first-order valence-corrected chi connectivity index (χ1v) is 7.93. The summed E-state index contributed by atoms with van der Waals surface area (Å²) in [6.45, 7) is -0.442. The van der Waals surface area contributed by atoms with Gasteiger partial charge in [0.05, 0.1) is 13.4 Å². The quantitative estimate of drug-likeness (QED) is 0.437. The molecule has 0 saturated carbocycles. The molecule has 1 atom stereocenters. The van der Waals surface area contributed by atoms with Gasteiger partial charge >= 0.3 is 27.3 Å². The van der Waals surface area contributed by atoms with Gasteiger partial charge in [0.15, 0.2) is 12.7 Å². The Morgan fingerprint density at radius 1 is 1.29 bits per heavy atom. The van der Waals surface area contributed by atoms with Gasteiger partial charge in [0.1, 0.15) is 0 Å². The van der Waals surface area contributed by atoms with Crippen molar-refractivity contribution in [3.63, 3.8) is 0 Å². The van der Waals surface area contributed by atoms with E-state index in [0.717, 1.165) is 5.56 Å². The lowest BCUT2D eigenvalue weighted by molar-refractivity contribution is -0.162. The predicted molar refractivity (Wildman–Crippen MR) is 78.2 cm³/mol. The highest BCUT2D eigenvalue weighted by atomic mass is 32.2. The molecule has 7 nitrogen and oxygen atoms in total. The molecule has 1 unspecified atom stereocenters. The largest absolute Gasteiger partial charge is 0.452 e. The number of esters is 2. The van der Waals surface area contributed by atoms with E-state index in [1.165, 1.54) is 12.1 Å².